The van der Waals surface area contributed by atoms with Crippen LogP contribution in [0.3, 0.4) is 0 Å². The molecule has 0 aliphatic rings. The maximum atomic E-state index is 10.9. The smallest absolute Gasteiger partial charge is 0.267 e. The van der Waals surface area contributed by atoms with E-state index in [1.807, 2.05) is 19.0 Å². The fourth-order valence-electron chi connectivity index (χ4n) is 1.19. The average Bonchev–Trinajstić information content (AvgIpc) is 2.01. The van der Waals surface area contributed by atoms with Crippen LogP contribution in [0.25, 0.3) is 0 Å². The van der Waals surface area contributed by atoms with Crippen molar-refractivity contribution < 1.29 is 13.0 Å². The molecule has 0 aliphatic carbocycles. The van der Waals surface area contributed by atoms with Crippen molar-refractivity contribution in [3.8, 4) is 0 Å². The lowest BCUT2D eigenvalue weighted by Gasteiger charge is -2.16. The zero-order valence-electron chi connectivity index (χ0n) is 8.81. The maximum absolute atomic E-state index is 10.9. The van der Waals surface area contributed by atoms with Crippen molar-refractivity contribution in [1.82, 2.24) is 4.90 Å². The fourth-order valence-corrected chi connectivity index (χ4v) is 2.06. The summed E-state index contributed by atoms with van der Waals surface area (Å²) in [5.74, 6) is 0. The largest absolute Gasteiger partial charge is 0.330 e. The molecule has 0 aromatic rings. The molecule has 0 fully saturated rings. The number of nitrogens with zero attached hydrogens (tertiary/aromatic N) is 1. The first-order valence-corrected chi connectivity index (χ1v) is 6.19. The predicted molar refractivity (Wildman–Crippen MR) is 56.8 cm³/mol. The molecule has 0 heterocycles. The second kappa shape index (κ2) is 6.34. The van der Waals surface area contributed by atoms with Gasteiger partial charge in [0.05, 0.1) is 5.25 Å². The average molecular weight is 224 g/mol. The number of rotatable bonds is 7. The van der Waals surface area contributed by atoms with Crippen molar-refractivity contribution >= 4 is 10.1 Å². The van der Waals surface area contributed by atoms with Crippen molar-refractivity contribution in [2.45, 2.75) is 24.5 Å². The standard InChI is InChI=1S/C8H20N2O3S/c1-10(2)7-5-8(4-3-6-9)14(11,12)13/h8H,3-7,9H2,1-2H3,(H,11,12,13). The summed E-state index contributed by atoms with van der Waals surface area (Å²) in [4.78, 5) is 1.89. The molecule has 14 heavy (non-hydrogen) atoms. The highest BCUT2D eigenvalue weighted by atomic mass is 32.2. The molecule has 0 rings (SSSR count). The minimum atomic E-state index is -3.92. The summed E-state index contributed by atoms with van der Waals surface area (Å²) in [6.45, 7) is 1.10. The van der Waals surface area contributed by atoms with Crippen LogP contribution in [0.4, 0.5) is 0 Å². The van der Waals surface area contributed by atoms with Gasteiger partial charge in [0.15, 0.2) is 0 Å². The third-order valence-electron chi connectivity index (χ3n) is 2.05. The Hall–Kier alpha value is -0.170. The van der Waals surface area contributed by atoms with Gasteiger partial charge in [-0.05, 0) is 46.4 Å². The van der Waals surface area contributed by atoms with Gasteiger partial charge in [-0.2, -0.15) is 8.42 Å². The van der Waals surface area contributed by atoms with Crippen LogP contribution in [-0.4, -0.2) is 50.3 Å². The maximum Gasteiger partial charge on any atom is 0.267 e. The van der Waals surface area contributed by atoms with E-state index in [9.17, 15) is 8.42 Å². The molecule has 0 saturated carbocycles. The van der Waals surface area contributed by atoms with Crippen molar-refractivity contribution in [3.63, 3.8) is 0 Å². The second-order valence-corrected chi connectivity index (χ2v) is 5.36. The third-order valence-corrected chi connectivity index (χ3v) is 3.36. The van der Waals surface area contributed by atoms with Crippen molar-refractivity contribution in [3.05, 3.63) is 0 Å². The van der Waals surface area contributed by atoms with Crippen LogP contribution in [-0.2, 0) is 10.1 Å². The van der Waals surface area contributed by atoms with E-state index in [-0.39, 0.29) is 0 Å². The second-order valence-electron chi connectivity index (χ2n) is 3.66. The lowest BCUT2D eigenvalue weighted by molar-refractivity contribution is 0.379. The highest BCUT2D eigenvalue weighted by Gasteiger charge is 2.21. The first kappa shape index (κ1) is 13.8. The van der Waals surface area contributed by atoms with Gasteiger partial charge >= 0.3 is 0 Å². The van der Waals surface area contributed by atoms with Gasteiger partial charge in [-0.15, -0.1) is 0 Å². The SMILES string of the molecule is CN(C)CCC(CCCN)S(=O)(=O)O. The molecular weight excluding hydrogens is 204 g/mol. The topological polar surface area (TPSA) is 83.6 Å². The van der Waals surface area contributed by atoms with Gasteiger partial charge in [-0.3, -0.25) is 4.55 Å². The Morgan fingerprint density at radius 1 is 1.36 bits per heavy atom. The lowest BCUT2D eigenvalue weighted by Crippen LogP contribution is -2.26. The molecule has 3 N–H and O–H groups in total. The van der Waals surface area contributed by atoms with Crippen molar-refractivity contribution in [2.24, 2.45) is 5.73 Å². The Morgan fingerprint density at radius 3 is 2.29 bits per heavy atom. The van der Waals surface area contributed by atoms with Crippen molar-refractivity contribution in [1.29, 1.82) is 0 Å². The van der Waals surface area contributed by atoms with E-state index >= 15 is 0 Å². The summed E-state index contributed by atoms with van der Waals surface area (Å²) in [5.41, 5.74) is 5.29. The van der Waals surface area contributed by atoms with Gasteiger partial charge in [0.25, 0.3) is 10.1 Å². The summed E-state index contributed by atoms with van der Waals surface area (Å²) < 4.78 is 30.8. The summed E-state index contributed by atoms with van der Waals surface area (Å²) in [7, 11) is -0.185. The van der Waals surface area contributed by atoms with Gasteiger partial charge in [0.2, 0.25) is 0 Å². The van der Waals surface area contributed by atoms with E-state index in [0.29, 0.717) is 32.4 Å². The monoisotopic (exact) mass is 224 g/mol. The zero-order valence-corrected chi connectivity index (χ0v) is 9.63. The van der Waals surface area contributed by atoms with E-state index in [4.69, 9.17) is 10.3 Å². The molecule has 0 aromatic heterocycles. The Balaban J connectivity index is 4.12. The van der Waals surface area contributed by atoms with E-state index in [2.05, 4.69) is 0 Å². The molecule has 1 unspecified atom stereocenters. The molecule has 86 valence electrons. The van der Waals surface area contributed by atoms with E-state index < -0.39 is 15.4 Å². The van der Waals surface area contributed by atoms with Crippen LogP contribution in [0.5, 0.6) is 0 Å². The summed E-state index contributed by atoms with van der Waals surface area (Å²) in [5, 5.41) is -0.673. The van der Waals surface area contributed by atoms with E-state index in [1.165, 1.54) is 0 Å². The quantitative estimate of drug-likeness (QED) is 0.592. The molecule has 0 amide bonds. The molecule has 6 heteroatoms. The predicted octanol–water partition coefficient (Wildman–Crippen LogP) is -0.0666. The van der Waals surface area contributed by atoms with Crippen LogP contribution in [0.15, 0.2) is 0 Å². The van der Waals surface area contributed by atoms with Gasteiger partial charge in [0, 0.05) is 0 Å². The fraction of sp³-hybridized carbons (Fsp3) is 1.00. The molecular formula is C8H20N2O3S. The number of nitrogens with two attached hydrogens (primary N) is 1. The highest BCUT2D eigenvalue weighted by Crippen LogP contribution is 2.11. The van der Waals surface area contributed by atoms with Gasteiger partial charge in [-0.25, -0.2) is 0 Å². The summed E-state index contributed by atoms with van der Waals surface area (Å²) in [6.07, 6.45) is 1.51. The molecule has 0 aliphatic heterocycles. The highest BCUT2D eigenvalue weighted by molar-refractivity contribution is 7.86. The van der Waals surface area contributed by atoms with Crippen LogP contribution in [0.2, 0.25) is 0 Å². The van der Waals surface area contributed by atoms with Gasteiger partial charge in [0.1, 0.15) is 0 Å². The van der Waals surface area contributed by atoms with Gasteiger partial charge in [-0.1, -0.05) is 0 Å². The van der Waals surface area contributed by atoms with Crippen LogP contribution in [0, 0.1) is 0 Å². The van der Waals surface area contributed by atoms with Crippen LogP contribution in [0.1, 0.15) is 19.3 Å². The minimum absolute atomic E-state index is 0.434. The Labute approximate surface area is 86.0 Å². The summed E-state index contributed by atoms with van der Waals surface area (Å²) in [6, 6.07) is 0. The zero-order chi connectivity index (χ0) is 11.2. The van der Waals surface area contributed by atoms with Crippen molar-refractivity contribution in [2.75, 3.05) is 27.2 Å². The summed E-state index contributed by atoms with van der Waals surface area (Å²) >= 11 is 0. The van der Waals surface area contributed by atoms with Crippen LogP contribution < -0.4 is 5.73 Å². The Morgan fingerprint density at radius 2 is 1.93 bits per heavy atom. The molecule has 0 radical (unpaired) electrons. The third kappa shape index (κ3) is 6.31. The molecule has 1 atom stereocenters. The van der Waals surface area contributed by atoms with E-state index in [1.54, 1.807) is 0 Å². The van der Waals surface area contributed by atoms with Crippen LogP contribution >= 0.6 is 0 Å². The molecule has 0 aromatic carbocycles. The van der Waals surface area contributed by atoms with Gasteiger partial charge < -0.3 is 10.6 Å². The number of hydrogen-bond donors (Lipinski definition) is 2. The molecule has 0 saturated heterocycles. The first-order valence-electron chi connectivity index (χ1n) is 4.69. The Bertz CT molecular complexity index is 239. The van der Waals surface area contributed by atoms with E-state index in [0.717, 1.165) is 0 Å². The lowest BCUT2D eigenvalue weighted by atomic mass is 10.2. The number of hydrogen-bond acceptors (Lipinski definition) is 4. The first-order chi connectivity index (χ1) is 6.38. The Kier molecular flexibility index (Phi) is 6.26. The normalized spacial score (nSPS) is 14.6. The molecule has 5 nitrogen and oxygen atoms in total. The molecule has 0 spiro atoms. The minimum Gasteiger partial charge on any atom is -0.330 e. The molecule has 0 bridgehead atoms.